The molecule has 6 nitrogen and oxygen atoms in total. The van der Waals surface area contributed by atoms with Gasteiger partial charge in [0.15, 0.2) is 0 Å². The first-order chi connectivity index (χ1) is 17.6. The van der Waals surface area contributed by atoms with Crippen molar-refractivity contribution in [2.75, 3.05) is 31.1 Å². The number of unbranched alkanes of at least 4 members (excludes halogenated alkanes) is 1. The van der Waals surface area contributed by atoms with Crippen molar-refractivity contribution in [2.45, 2.75) is 63.4 Å². The van der Waals surface area contributed by atoms with Crippen LogP contribution < -0.4 is 4.90 Å². The molecule has 2 aliphatic rings. The number of nitrogens with zero attached hydrogens (tertiary/aromatic N) is 4. The van der Waals surface area contributed by atoms with E-state index in [9.17, 15) is 21.6 Å². The van der Waals surface area contributed by atoms with Crippen molar-refractivity contribution in [2.24, 2.45) is 5.92 Å². The predicted molar refractivity (Wildman–Crippen MR) is 140 cm³/mol. The lowest BCUT2D eigenvalue weighted by Gasteiger charge is -2.35. The highest BCUT2D eigenvalue weighted by Crippen LogP contribution is 2.41. The Morgan fingerprint density at radius 2 is 1.89 bits per heavy atom. The van der Waals surface area contributed by atoms with Crippen molar-refractivity contribution in [3.63, 3.8) is 0 Å². The van der Waals surface area contributed by atoms with E-state index in [4.69, 9.17) is 9.97 Å². The van der Waals surface area contributed by atoms with Crippen LogP contribution in [0.2, 0.25) is 0 Å². The number of hydrogen-bond donors (Lipinski definition) is 0. The standard InChI is InChI=1S/C26H31F3N4O2S2/c1-3-4-8-22-30-24(23-20-10-9-17(2)15-21(20)36-25(23)31-22)32-11-13-33(14-12-32)37(34,35)19-7-5-6-18(16-19)26(27,28)29/h5-7,16-17H,3-4,8-15H2,1-2H3. The summed E-state index contributed by atoms with van der Waals surface area (Å²) in [5.41, 5.74) is 0.362. The summed E-state index contributed by atoms with van der Waals surface area (Å²) in [6, 6.07) is 3.97. The van der Waals surface area contributed by atoms with Crippen molar-refractivity contribution < 1.29 is 21.6 Å². The van der Waals surface area contributed by atoms with Crippen LogP contribution in [-0.2, 0) is 35.5 Å². The lowest BCUT2D eigenvalue weighted by Crippen LogP contribution is -2.49. The summed E-state index contributed by atoms with van der Waals surface area (Å²) in [7, 11) is -4.05. The highest BCUT2D eigenvalue weighted by Gasteiger charge is 2.35. The summed E-state index contributed by atoms with van der Waals surface area (Å²) in [4.78, 5) is 14.1. The summed E-state index contributed by atoms with van der Waals surface area (Å²) in [6.07, 6.45) is 1.39. The second-order valence-electron chi connectivity index (χ2n) is 10.0. The first-order valence-corrected chi connectivity index (χ1v) is 15.1. The van der Waals surface area contributed by atoms with Crippen LogP contribution in [0.25, 0.3) is 10.2 Å². The van der Waals surface area contributed by atoms with E-state index in [2.05, 4.69) is 18.7 Å². The summed E-state index contributed by atoms with van der Waals surface area (Å²) < 4.78 is 67.2. The number of alkyl halides is 3. The Morgan fingerprint density at radius 3 is 2.59 bits per heavy atom. The largest absolute Gasteiger partial charge is 0.416 e. The van der Waals surface area contributed by atoms with E-state index in [1.165, 1.54) is 20.8 Å². The van der Waals surface area contributed by atoms with Crippen molar-refractivity contribution in [1.82, 2.24) is 14.3 Å². The molecule has 0 N–H and O–H groups in total. The minimum Gasteiger partial charge on any atom is -0.353 e. The van der Waals surface area contributed by atoms with Crippen LogP contribution in [0, 0.1) is 5.92 Å². The van der Waals surface area contributed by atoms with E-state index < -0.39 is 21.8 Å². The Kier molecular flexibility index (Phi) is 7.23. The summed E-state index contributed by atoms with van der Waals surface area (Å²) in [6.45, 7) is 5.60. The monoisotopic (exact) mass is 552 g/mol. The molecule has 200 valence electrons. The zero-order valence-electron chi connectivity index (χ0n) is 21.0. The normalized spacial score (nSPS) is 19.4. The fourth-order valence-corrected chi connectivity index (χ4v) is 8.03. The Labute approximate surface area is 219 Å². The zero-order valence-corrected chi connectivity index (χ0v) is 22.6. The number of benzene rings is 1. The molecule has 3 aromatic rings. The van der Waals surface area contributed by atoms with Gasteiger partial charge in [0, 0.05) is 37.5 Å². The number of fused-ring (bicyclic) bond motifs is 3. The minimum atomic E-state index is -4.60. The number of piperazine rings is 1. The molecule has 3 heterocycles. The number of rotatable bonds is 6. The van der Waals surface area contributed by atoms with Crippen LogP contribution >= 0.6 is 11.3 Å². The topological polar surface area (TPSA) is 66.4 Å². The van der Waals surface area contributed by atoms with Gasteiger partial charge in [-0.3, -0.25) is 0 Å². The number of aryl methyl sites for hydroxylation is 2. The summed E-state index contributed by atoms with van der Waals surface area (Å²) in [5.74, 6) is 2.33. The van der Waals surface area contributed by atoms with Crippen LogP contribution in [0.15, 0.2) is 29.2 Å². The number of sulfonamides is 1. The van der Waals surface area contributed by atoms with Gasteiger partial charge in [-0.1, -0.05) is 26.3 Å². The summed E-state index contributed by atoms with van der Waals surface area (Å²) >= 11 is 1.76. The van der Waals surface area contributed by atoms with Gasteiger partial charge in [0.25, 0.3) is 0 Å². The van der Waals surface area contributed by atoms with Crippen molar-refractivity contribution in [3.05, 3.63) is 46.1 Å². The van der Waals surface area contributed by atoms with Gasteiger partial charge in [0.1, 0.15) is 16.5 Å². The van der Waals surface area contributed by atoms with Gasteiger partial charge in [-0.15, -0.1) is 11.3 Å². The molecule has 1 aromatic carbocycles. The van der Waals surface area contributed by atoms with Crippen LogP contribution in [-0.4, -0.2) is 48.9 Å². The van der Waals surface area contributed by atoms with Crippen LogP contribution in [0.3, 0.4) is 0 Å². The molecule has 2 aromatic heterocycles. The second-order valence-corrected chi connectivity index (χ2v) is 13.0. The fourth-order valence-electron chi connectivity index (χ4n) is 5.16. The molecule has 37 heavy (non-hydrogen) atoms. The third-order valence-electron chi connectivity index (χ3n) is 7.27. The fraction of sp³-hybridized carbons (Fsp3) is 0.538. The Bertz CT molecular complexity index is 1400. The van der Waals surface area contributed by atoms with Crippen molar-refractivity contribution >= 4 is 37.4 Å². The molecule has 1 saturated heterocycles. The lowest BCUT2D eigenvalue weighted by atomic mass is 9.89. The summed E-state index contributed by atoms with van der Waals surface area (Å²) in [5, 5.41) is 1.10. The van der Waals surface area contributed by atoms with E-state index in [0.29, 0.717) is 25.1 Å². The smallest absolute Gasteiger partial charge is 0.353 e. The molecule has 1 unspecified atom stereocenters. The predicted octanol–water partition coefficient (Wildman–Crippen LogP) is 5.69. The molecule has 11 heteroatoms. The van der Waals surface area contributed by atoms with Gasteiger partial charge in [0.05, 0.1) is 15.8 Å². The third-order valence-corrected chi connectivity index (χ3v) is 10.3. The number of hydrogen-bond acceptors (Lipinski definition) is 6. The highest BCUT2D eigenvalue weighted by molar-refractivity contribution is 7.89. The molecular weight excluding hydrogens is 521 g/mol. The molecule has 0 amide bonds. The van der Waals surface area contributed by atoms with E-state index in [1.807, 2.05) is 0 Å². The number of anilines is 1. The molecule has 1 aliphatic carbocycles. The third kappa shape index (κ3) is 5.22. The lowest BCUT2D eigenvalue weighted by molar-refractivity contribution is -0.137. The first-order valence-electron chi connectivity index (χ1n) is 12.8. The molecule has 1 fully saturated rings. The molecule has 1 aliphatic heterocycles. The number of halogens is 3. The maximum absolute atomic E-state index is 13.2. The quantitative estimate of drug-likeness (QED) is 0.393. The Balaban J connectivity index is 1.43. The van der Waals surface area contributed by atoms with Crippen molar-refractivity contribution in [1.29, 1.82) is 0 Å². The van der Waals surface area contributed by atoms with E-state index in [-0.39, 0.29) is 18.0 Å². The Hall–Kier alpha value is -2.24. The molecule has 0 saturated carbocycles. The average Bonchev–Trinajstić information content (AvgIpc) is 3.24. The average molecular weight is 553 g/mol. The molecule has 0 bridgehead atoms. The van der Waals surface area contributed by atoms with Gasteiger partial charge in [-0.05, 0) is 55.4 Å². The van der Waals surface area contributed by atoms with Gasteiger partial charge in [0.2, 0.25) is 10.0 Å². The zero-order chi connectivity index (χ0) is 26.4. The molecule has 0 spiro atoms. The van der Waals surface area contributed by atoms with E-state index >= 15 is 0 Å². The van der Waals surface area contributed by atoms with E-state index in [0.717, 1.165) is 72.5 Å². The number of aromatic nitrogens is 2. The SMILES string of the molecule is CCCCc1nc(N2CCN(S(=O)(=O)c3cccc(C(F)(F)F)c3)CC2)c2c3c(sc2n1)CC(C)CC3. The highest BCUT2D eigenvalue weighted by atomic mass is 32.2. The van der Waals surface area contributed by atoms with Gasteiger partial charge in [-0.2, -0.15) is 17.5 Å². The van der Waals surface area contributed by atoms with Crippen LogP contribution in [0.5, 0.6) is 0 Å². The maximum atomic E-state index is 13.2. The molecule has 5 rings (SSSR count). The van der Waals surface area contributed by atoms with Crippen LogP contribution in [0.1, 0.15) is 54.9 Å². The van der Waals surface area contributed by atoms with Crippen molar-refractivity contribution in [3.8, 4) is 0 Å². The van der Waals surface area contributed by atoms with Gasteiger partial charge in [-0.25, -0.2) is 18.4 Å². The molecule has 1 atom stereocenters. The molecular formula is C26H31F3N4O2S2. The van der Waals surface area contributed by atoms with Crippen LogP contribution in [0.4, 0.5) is 19.0 Å². The first kappa shape index (κ1) is 26.4. The maximum Gasteiger partial charge on any atom is 0.416 e. The Morgan fingerprint density at radius 1 is 1.14 bits per heavy atom. The van der Waals surface area contributed by atoms with Gasteiger partial charge >= 0.3 is 6.18 Å². The van der Waals surface area contributed by atoms with E-state index in [1.54, 1.807) is 11.3 Å². The second kappa shape index (κ2) is 10.1. The van der Waals surface area contributed by atoms with Gasteiger partial charge < -0.3 is 4.90 Å². The molecule has 0 radical (unpaired) electrons. The number of thiophene rings is 1. The minimum absolute atomic E-state index is 0.178.